The van der Waals surface area contributed by atoms with Gasteiger partial charge in [0.05, 0.1) is 0 Å². The Labute approximate surface area is 60.9 Å². The minimum Gasteiger partial charge on any atom is -0.462 e. The molecular weight excluding hydrogens is 128 g/mol. The molecule has 1 rings (SSSR count). The highest BCUT2D eigenvalue weighted by atomic mass is 16.5. The molecule has 0 saturated carbocycles. The summed E-state index contributed by atoms with van der Waals surface area (Å²) in [6, 6.07) is 0. The Bertz CT molecular complexity index is 140. The van der Waals surface area contributed by atoms with Crippen molar-refractivity contribution in [2.75, 3.05) is 0 Å². The normalized spacial score (nSPS) is 25.6. The largest absolute Gasteiger partial charge is 0.462 e. The second-order valence-corrected chi connectivity index (χ2v) is 2.53. The van der Waals surface area contributed by atoms with E-state index in [4.69, 9.17) is 4.74 Å². The van der Waals surface area contributed by atoms with Crippen LogP contribution in [0.4, 0.5) is 0 Å². The number of cyclic esters (lactones) is 1. The van der Waals surface area contributed by atoms with Crippen molar-refractivity contribution in [3.63, 3.8) is 0 Å². The van der Waals surface area contributed by atoms with E-state index < -0.39 is 0 Å². The number of carbonyl (C=O) groups excluding carboxylic acids is 1. The molecule has 56 valence electrons. The summed E-state index contributed by atoms with van der Waals surface area (Å²) in [6.45, 7) is 3.59. The summed E-state index contributed by atoms with van der Waals surface area (Å²) in [7, 11) is 0. The van der Waals surface area contributed by atoms with Crippen LogP contribution in [0, 0.1) is 0 Å². The number of ether oxygens (including phenoxy) is 1. The van der Waals surface area contributed by atoms with Gasteiger partial charge in [-0.3, -0.25) is 4.79 Å². The Hall–Kier alpha value is -0.790. The Morgan fingerprint density at radius 3 is 3.20 bits per heavy atom. The third-order valence-corrected chi connectivity index (χ3v) is 1.63. The number of esters is 1. The molecule has 2 heteroatoms. The van der Waals surface area contributed by atoms with Crippen LogP contribution in [0.3, 0.4) is 0 Å². The highest BCUT2D eigenvalue weighted by Gasteiger charge is 2.18. The molecule has 1 aliphatic heterocycles. The molecule has 0 spiro atoms. The van der Waals surface area contributed by atoms with E-state index in [0.29, 0.717) is 6.42 Å². The summed E-state index contributed by atoms with van der Waals surface area (Å²) >= 11 is 0. The number of rotatable bonds is 2. The summed E-state index contributed by atoms with van der Waals surface area (Å²) < 4.78 is 5.02. The lowest BCUT2D eigenvalue weighted by atomic mass is 10.1. The predicted molar refractivity (Wildman–Crippen MR) is 38.5 cm³/mol. The van der Waals surface area contributed by atoms with Crippen LogP contribution in [0.15, 0.2) is 12.7 Å². The minimum atomic E-state index is -0.0573. The first kappa shape index (κ1) is 7.32. The van der Waals surface area contributed by atoms with Crippen LogP contribution in [0.1, 0.15) is 25.7 Å². The monoisotopic (exact) mass is 140 g/mol. The summed E-state index contributed by atoms with van der Waals surface area (Å²) in [5.74, 6) is -0.0573. The molecule has 1 saturated heterocycles. The molecule has 10 heavy (non-hydrogen) atoms. The van der Waals surface area contributed by atoms with E-state index in [1.165, 1.54) is 0 Å². The average Bonchev–Trinajstić information content (AvgIpc) is 1.88. The molecule has 0 aromatic carbocycles. The van der Waals surface area contributed by atoms with Gasteiger partial charge in [0.1, 0.15) is 6.10 Å². The van der Waals surface area contributed by atoms with E-state index in [9.17, 15) is 4.79 Å². The first-order chi connectivity index (χ1) is 4.83. The minimum absolute atomic E-state index is 0.0573. The molecule has 0 bridgehead atoms. The SMILES string of the molecule is C=CC[C@@H]1CCCC(=O)O1. The van der Waals surface area contributed by atoms with Gasteiger partial charge in [-0.2, -0.15) is 0 Å². The molecule has 1 heterocycles. The van der Waals surface area contributed by atoms with E-state index in [1.54, 1.807) is 6.08 Å². The smallest absolute Gasteiger partial charge is 0.306 e. The Morgan fingerprint density at radius 1 is 1.80 bits per heavy atom. The van der Waals surface area contributed by atoms with E-state index in [1.807, 2.05) is 0 Å². The standard InChI is InChI=1S/C8H12O2/c1-2-4-7-5-3-6-8(9)10-7/h2,7H,1,3-6H2/t7-/m1/s1. The van der Waals surface area contributed by atoms with Gasteiger partial charge in [0, 0.05) is 12.8 Å². The molecule has 1 atom stereocenters. The molecule has 0 aromatic rings. The number of hydrogen-bond acceptors (Lipinski definition) is 2. The molecular formula is C8H12O2. The summed E-state index contributed by atoms with van der Waals surface area (Å²) in [4.78, 5) is 10.7. The maximum atomic E-state index is 10.7. The van der Waals surface area contributed by atoms with Gasteiger partial charge in [-0.05, 0) is 12.8 Å². The van der Waals surface area contributed by atoms with Crippen molar-refractivity contribution in [1.29, 1.82) is 0 Å². The topological polar surface area (TPSA) is 26.3 Å². The van der Waals surface area contributed by atoms with E-state index in [0.717, 1.165) is 19.3 Å². The fourth-order valence-corrected chi connectivity index (χ4v) is 1.13. The highest BCUT2D eigenvalue weighted by Crippen LogP contribution is 2.16. The first-order valence-corrected chi connectivity index (χ1v) is 3.63. The maximum absolute atomic E-state index is 10.7. The fourth-order valence-electron chi connectivity index (χ4n) is 1.13. The summed E-state index contributed by atoms with van der Waals surface area (Å²) in [5, 5.41) is 0. The van der Waals surface area contributed by atoms with Crippen molar-refractivity contribution < 1.29 is 9.53 Å². The molecule has 1 fully saturated rings. The van der Waals surface area contributed by atoms with Crippen molar-refractivity contribution >= 4 is 5.97 Å². The van der Waals surface area contributed by atoms with Gasteiger partial charge in [-0.1, -0.05) is 6.08 Å². The van der Waals surface area contributed by atoms with Crippen molar-refractivity contribution in [2.45, 2.75) is 31.8 Å². The summed E-state index contributed by atoms with van der Waals surface area (Å²) in [6.07, 6.45) is 5.26. The zero-order chi connectivity index (χ0) is 7.40. The third-order valence-electron chi connectivity index (χ3n) is 1.63. The Balaban J connectivity index is 2.31. The van der Waals surface area contributed by atoms with E-state index in [2.05, 4.69) is 6.58 Å². The lowest BCUT2D eigenvalue weighted by molar-refractivity contribution is -0.153. The highest BCUT2D eigenvalue weighted by molar-refractivity contribution is 5.70. The van der Waals surface area contributed by atoms with Crippen molar-refractivity contribution in [2.24, 2.45) is 0 Å². The summed E-state index contributed by atoms with van der Waals surface area (Å²) in [5.41, 5.74) is 0. The first-order valence-electron chi connectivity index (χ1n) is 3.63. The fraction of sp³-hybridized carbons (Fsp3) is 0.625. The van der Waals surface area contributed by atoms with Gasteiger partial charge < -0.3 is 4.74 Å². The number of carbonyl (C=O) groups is 1. The average molecular weight is 140 g/mol. The third kappa shape index (κ3) is 1.87. The van der Waals surface area contributed by atoms with Crippen LogP contribution in [-0.2, 0) is 9.53 Å². The van der Waals surface area contributed by atoms with Gasteiger partial charge in [0.25, 0.3) is 0 Å². The van der Waals surface area contributed by atoms with Crippen LogP contribution in [0.5, 0.6) is 0 Å². The molecule has 1 aliphatic rings. The van der Waals surface area contributed by atoms with Crippen molar-refractivity contribution in [1.82, 2.24) is 0 Å². The zero-order valence-electron chi connectivity index (χ0n) is 6.01. The van der Waals surface area contributed by atoms with E-state index >= 15 is 0 Å². The quantitative estimate of drug-likeness (QED) is 0.430. The molecule has 0 radical (unpaired) electrons. The van der Waals surface area contributed by atoms with Gasteiger partial charge in [-0.15, -0.1) is 6.58 Å². The maximum Gasteiger partial charge on any atom is 0.306 e. The lowest BCUT2D eigenvalue weighted by Gasteiger charge is -2.20. The molecule has 0 unspecified atom stereocenters. The Morgan fingerprint density at radius 2 is 2.60 bits per heavy atom. The second kappa shape index (κ2) is 3.40. The van der Waals surface area contributed by atoms with Crippen LogP contribution < -0.4 is 0 Å². The van der Waals surface area contributed by atoms with Gasteiger partial charge in [0.15, 0.2) is 0 Å². The van der Waals surface area contributed by atoms with Crippen LogP contribution in [-0.4, -0.2) is 12.1 Å². The van der Waals surface area contributed by atoms with Gasteiger partial charge in [0.2, 0.25) is 0 Å². The van der Waals surface area contributed by atoms with Crippen molar-refractivity contribution in [3.8, 4) is 0 Å². The van der Waals surface area contributed by atoms with Gasteiger partial charge in [-0.25, -0.2) is 0 Å². The van der Waals surface area contributed by atoms with Gasteiger partial charge >= 0.3 is 5.97 Å². The molecule has 2 nitrogen and oxygen atoms in total. The van der Waals surface area contributed by atoms with Crippen molar-refractivity contribution in [3.05, 3.63) is 12.7 Å². The van der Waals surface area contributed by atoms with Crippen LogP contribution in [0.2, 0.25) is 0 Å². The lowest BCUT2D eigenvalue weighted by Crippen LogP contribution is -2.22. The molecule has 0 N–H and O–H groups in total. The van der Waals surface area contributed by atoms with Crippen LogP contribution in [0.25, 0.3) is 0 Å². The molecule has 0 aliphatic carbocycles. The molecule has 0 amide bonds. The van der Waals surface area contributed by atoms with Crippen LogP contribution >= 0.6 is 0 Å². The molecule has 0 aromatic heterocycles. The predicted octanol–water partition coefficient (Wildman–Crippen LogP) is 1.66. The zero-order valence-corrected chi connectivity index (χ0v) is 6.01. The van der Waals surface area contributed by atoms with E-state index in [-0.39, 0.29) is 12.1 Å². The second-order valence-electron chi connectivity index (χ2n) is 2.53. The Kier molecular flexibility index (Phi) is 2.49. The number of hydrogen-bond donors (Lipinski definition) is 0.